The van der Waals surface area contributed by atoms with Crippen LogP contribution in [-0.2, 0) is 13.1 Å². The number of H-pyrrole nitrogens is 2. The van der Waals surface area contributed by atoms with Gasteiger partial charge in [-0.3, -0.25) is 19.6 Å². The van der Waals surface area contributed by atoms with E-state index in [1.54, 1.807) is 21.3 Å². The second-order valence-corrected chi connectivity index (χ2v) is 7.94. The Hall–Kier alpha value is -5.00. The van der Waals surface area contributed by atoms with E-state index in [2.05, 4.69) is 29.9 Å². The number of aromatic nitrogens is 8. The zero-order valence-corrected chi connectivity index (χ0v) is 18.1. The Morgan fingerprint density at radius 2 is 1.03 bits per heavy atom. The second-order valence-electron chi connectivity index (χ2n) is 7.94. The average molecular weight is 468 g/mol. The molecule has 0 saturated heterocycles. The molecule has 35 heavy (non-hydrogen) atoms. The van der Waals surface area contributed by atoms with Crippen LogP contribution in [0, 0.1) is 0 Å². The summed E-state index contributed by atoms with van der Waals surface area (Å²) in [4.78, 5) is 69.8. The summed E-state index contributed by atoms with van der Waals surface area (Å²) in [5.74, 6) is 0.367. The van der Waals surface area contributed by atoms with Crippen molar-refractivity contribution < 1.29 is 0 Å². The molecule has 12 nitrogen and oxygen atoms in total. The highest BCUT2D eigenvalue weighted by Gasteiger charge is 2.20. The fourth-order valence-electron chi connectivity index (χ4n) is 4.33. The number of nitrogens with zero attached hydrogens (tertiary/aromatic N) is 6. The van der Waals surface area contributed by atoms with Crippen molar-refractivity contribution >= 4 is 22.1 Å². The molecule has 2 aromatic rings. The maximum absolute atomic E-state index is 12.4. The highest BCUT2D eigenvalue weighted by molar-refractivity contribution is 5.80. The molecule has 2 aromatic carbocycles. The van der Waals surface area contributed by atoms with Crippen molar-refractivity contribution in [2.24, 2.45) is 0 Å². The third kappa shape index (κ3) is 3.39. The fraction of sp³-hybridized carbons (Fsp3) is 0.130. The maximum atomic E-state index is 12.4. The van der Waals surface area contributed by atoms with Crippen molar-refractivity contribution in [3.63, 3.8) is 0 Å². The molecule has 4 heterocycles. The molecule has 0 fully saturated rings. The largest absolute Gasteiger partial charge is 0.349 e. The van der Waals surface area contributed by atoms with Gasteiger partial charge in [0.2, 0.25) is 0 Å². The summed E-state index contributed by atoms with van der Waals surface area (Å²) in [7, 11) is 0. The van der Waals surface area contributed by atoms with E-state index in [1.807, 2.05) is 36.4 Å². The average Bonchev–Trinajstić information content (AvgIpc) is 2.84. The van der Waals surface area contributed by atoms with Gasteiger partial charge in [-0.25, -0.2) is 19.6 Å². The topological polar surface area (TPSA) is 161 Å². The van der Waals surface area contributed by atoms with Gasteiger partial charge in [0.15, 0.2) is 23.0 Å². The van der Waals surface area contributed by atoms with Crippen LogP contribution in [0.2, 0.25) is 0 Å². The number of nitrogens with one attached hydrogen (secondary N) is 2. The molecule has 172 valence electrons. The SMILES string of the molecule is O=c1nc2n(CCCn3c4nc(=O)[nH]c(=O)c-4nc4ccccc43)c3ccccc3nc-2c(=O)[nH]1. The zero-order chi connectivity index (χ0) is 24.1. The van der Waals surface area contributed by atoms with Crippen molar-refractivity contribution in [2.45, 2.75) is 19.5 Å². The van der Waals surface area contributed by atoms with Crippen LogP contribution in [0.3, 0.4) is 0 Å². The first-order valence-electron chi connectivity index (χ1n) is 10.8. The Labute approximate surface area is 194 Å². The molecule has 12 heteroatoms. The van der Waals surface area contributed by atoms with Crippen LogP contribution in [0.4, 0.5) is 0 Å². The normalized spacial score (nSPS) is 11.7. The van der Waals surface area contributed by atoms with Gasteiger partial charge in [0.05, 0.1) is 22.1 Å². The number of hydrogen-bond acceptors (Lipinski definition) is 8. The van der Waals surface area contributed by atoms with Crippen LogP contribution in [0.1, 0.15) is 6.42 Å². The van der Waals surface area contributed by atoms with E-state index in [9.17, 15) is 19.2 Å². The lowest BCUT2D eigenvalue weighted by molar-refractivity contribution is 0.574. The van der Waals surface area contributed by atoms with Gasteiger partial charge in [0.25, 0.3) is 11.1 Å². The Kier molecular flexibility index (Phi) is 4.59. The second kappa shape index (κ2) is 7.80. The Bertz CT molecular complexity index is 1790. The molecule has 0 bridgehead atoms. The first-order valence-corrected chi connectivity index (χ1v) is 10.8. The van der Waals surface area contributed by atoms with E-state index >= 15 is 0 Å². The maximum Gasteiger partial charge on any atom is 0.349 e. The quantitative estimate of drug-likeness (QED) is 0.355. The molecular weight excluding hydrogens is 452 g/mol. The van der Waals surface area contributed by atoms with Crippen LogP contribution < -0.4 is 22.5 Å². The summed E-state index contributed by atoms with van der Waals surface area (Å²) < 4.78 is 3.55. The smallest absolute Gasteiger partial charge is 0.322 e. The summed E-state index contributed by atoms with van der Waals surface area (Å²) >= 11 is 0. The van der Waals surface area contributed by atoms with Gasteiger partial charge in [-0.15, -0.1) is 0 Å². The standard InChI is InChI=1S/C23H16N8O4/c32-20-16-18(26-22(34)28-20)30(14-8-3-1-6-12(14)24-16)10-5-11-31-15-9-4-2-7-13(15)25-17-19(31)27-23(35)29-21(17)33/h1-4,6-9H,5,10-11H2,(H,28,32,34)(H,29,33,35). The molecule has 0 amide bonds. The minimum absolute atomic E-state index is 0.0694. The van der Waals surface area contributed by atoms with Crippen molar-refractivity contribution in [2.75, 3.05) is 0 Å². The Balaban J connectivity index is 1.47. The van der Waals surface area contributed by atoms with Gasteiger partial charge < -0.3 is 9.13 Å². The number of aromatic amines is 2. The van der Waals surface area contributed by atoms with Crippen molar-refractivity contribution in [3.05, 3.63) is 90.2 Å². The monoisotopic (exact) mass is 468 g/mol. The lowest BCUT2D eigenvalue weighted by Gasteiger charge is -2.19. The lowest BCUT2D eigenvalue weighted by atomic mass is 10.2. The Morgan fingerprint density at radius 3 is 1.49 bits per heavy atom. The van der Waals surface area contributed by atoms with Gasteiger partial charge in [-0.05, 0) is 30.7 Å². The summed E-state index contributed by atoms with van der Waals surface area (Å²) in [6.45, 7) is 0.738. The van der Waals surface area contributed by atoms with E-state index in [-0.39, 0.29) is 23.0 Å². The molecular formula is C23H16N8O4. The zero-order valence-electron chi connectivity index (χ0n) is 18.1. The number of hydrogen-bond donors (Lipinski definition) is 2. The van der Waals surface area contributed by atoms with Crippen LogP contribution in [0.25, 0.3) is 45.1 Å². The molecule has 0 spiro atoms. The lowest BCUT2D eigenvalue weighted by Crippen LogP contribution is -2.29. The summed E-state index contributed by atoms with van der Waals surface area (Å²) in [6.07, 6.45) is 0.493. The molecule has 0 radical (unpaired) electrons. The summed E-state index contributed by atoms with van der Waals surface area (Å²) in [6, 6.07) is 14.5. The first-order chi connectivity index (χ1) is 17.0. The summed E-state index contributed by atoms with van der Waals surface area (Å²) in [5.41, 5.74) is 0.0233. The van der Waals surface area contributed by atoms with Gasteiger partial charge in [0, 0.05) is 13.1 Å². The van der Waals surface area contributed by atoms with Gasteiger partial charge in [-0.2, -0.15) is 9.97 Å². The Morgan fingerprint density at radius 1 is 0.600 bits per heavy atom. The highest BCUT2D eigenvalue weighted by atomic mass is 16.2. The molecule has 6 rings (SSSR count). The fourth-order valence-corrected chi connectivity index (χ4v) is 4.33. The number of aryl methyl sites for hydroxylation is 2. The van der Waals surface area contributed by atoms with Gasteiger partial charge >= 0.3 is 11.4 Å². The van der Waals surface area contributed by atoms with E-state index in [0.717, 1.165) is 0 Å². The van der Waals surface area contributed by atoms with Crippen LogP contribution in [0.15, 0.2) is 67.7 Å². The third-order valence-electron chi connectivity index (χ3n) is 5.79. The minimum atomic E-state index is -0.750. The van der Waals surface area contributed by atoms with Crippen molar-refractivity contribution in [3.8, 4) is 23.0 Å². The van der Waals surface area contributed by atoms with E-state index in [1.165, 1.54) is 0 Å². The summed E-state index contributed by atoms with van der Waals surface area (Å²) in [5, 5.41) is 0. The number of fused-ring (bicyclic) bond motifs is 4. The van der Waals surface area contributed by atoms with E-state index < -0.39 is 22.5 Å². The van der Waals surface area contributed by atoms with Crippen LogP contribution in [0.5, 0.6) is 0 Å². The van der Waals surface area contributed by atoms with Gasteiger partial charge in [0.1, 0.15) is 0 Å². The molecule has 0 saturated carbocycles. The van der Waals surface area contributed by atoms with E-state index in [0.29, 0.717) is 41.6 Å². The molecule has 0 atom stereocenters. The van der Waals surface area contributed by atoms with Crippen molar-refractivity contribution in [1.29, 1.82) is 0 Å². The number of benzene rings is 2. The third-order valence-corrected chi connectivity index (χ3v) is 5.79. The van der Waals surface area contributed by atoms with Crippen molar-refractivity contribution in [1.82, 2.24) is 39.0 Å². The highest BCUT2D eigenvalue weighted by Crippen LogP contribution is 2.23. The minimum Gasteiger partial charge on any atom is -0.322 e. The molecule has 0 aliphatic carbocycles. The predicted molar refractivity (Wildman–Crippen MR) is 127 cm³/mol. The predicted octanol–water partition coefficient (Wildman–Crippen LogP) is 0.573. The number of rotatable bonds is 4. The van der Waals surface area contributed by atoms with E-state index in [4.69, 9.17) is 0 Å². The molecule has 4 aliphatic rings. The molecule has 2 N–H and O–H groups in total. The molecule has 0 unspecified atom stereocenters. The number of para-hydroxylation sites is 4. The van der Waals surface area contributed by atoms with Crippen LogP contribution >= 0.6 is 0 Å². The first kappa shape index (κ1) is 20.6. The molecule has 0 aromatic heterocycles. The van der Waals surface area contributed by atoms with Crippen LogP contribution in [-0.4, -0.2) is 39.0 Å². The molecule has 4 aliphatic heterocycles. The van der Waals surface area contributed by atoms with Gasteiger partial charge in [-0.1, -0.05) is 24.3 Å².